The molecule has 4 atom stereocenters. The summed E-state index contributed by atoms with van der Waals surface area (Å²) in [5, 5.41) is 9.56. The Kier molecular flexibility index (Phi) is 6.36. The lowest BCUT2D eigenvalue weighted by Crippen LogP contribution is -2.40. The molecule has 148 valence electrons. The lowest BCUT2D eigenvalue weighted by atomic mass is 10.1. The van der Waals surface area contributed by atoms with Crippen molar-refractivity contribution in [2.45, 2.75) is 38.4 Å². The molecule has 0 aromatic carbocycles. The maximum Gasteiger partial charge on any atom is 0.311 e. The smallest absolute Gasteiger partial charge is 0.311 e. The maximum atomic E-state index is 12.5. The van der Waals surface area contributed by atoms with Gasteiger partial charge < -0.3 is 25.1 Å². The minimum Gasteiger partial charge on any atom is -0.456 e. The second-order valence-electron chi connectivity index (χ2n) is 5.55. The van der Waals surface area contributed by atoms with E-state index in [4.69, 9.17) is 19.9 Å². The maximum absolute atomic E-state index is 12.5. The van der Waals surface area contributed by atoms with Gasteiger partial charge in [-0.1, -0.05) is 11.3 Å². The average Bonchev–Trinajstić information content (AvgIpc) is 3.03. The third-order valence-corrected chi connectivity index (χ3v) is 4.58. The Hall–Kier alpha value is -2.28. The first-order valence-electron chi connectivity index (χ1n) is 7.56. The number of halogens is 1. The number of thiazole rings is 1. The predicted octanol–water partition coefficient (Wildman–Crippen LogP) is -0.390. The first-order valence-corrected chi connectivity index (χ1v) is 8.37. The van der Waals surface area contributed by atoms with Crippen molar-refractivity contribution < 1.29 is 28.9 Å². The number of nitrogens with two attached hydrogens (primary N) is 1. The third-order valence-electron chi connectivity index (χ3n) is 3.70. The zero-order valence-corrected chi connectivity index (χ0v) is 15.9. The molecule has 3 heterocycles. The molecule has 1 fully saturated rings. The number of fused-ring (bicyclic) bond motifs is 1. The van der Waals surface area contributed by atoms with Gasteiger partial charge in [-0.2, -0.15) is 4.98 Å². The first kappa shape index (κ1) is 21.0. The lowest BCUT2D eigenvalue weighted by molar-refractivity contribution is -0.165. The van der Waals surface area contributed by atoms with Crippen LogP contribution in [0.15, 0.2) is 11.0 Å². The first-order chi connectivity index (χ1) is 12.3. The highest BCUT2D eigenvalue weighted by Crippen LogP contribution is 2.35. The number of rotatable bonds is 4. The Morgan fingerprint density at radius 1 is 1.33 bits per heavy atom. The van der Waals surface area contributed by atoms with E-state index in [0.29, 0.717) is 4.70 Å². The molecule has 0 bridgehead atoms. The van der Waals surface area contributed by atoms with E-state index in [2.05, 4.69) is 9.97 Å². The standard InChI is InChI=1S/C14H16N4O7S.ClH/c1-5(20)23-9-7(4-19)25-12(10(9)24-6(2)21)18-11-8(26-14(18)22)3-16-13(15)17-11;/h3,7,9-10,12,19H,4H2,1-2H3,(H2,15,16,17);1H/t7-,9-,10-,12-;/m1./s1. The Morgan fingerprint density at radius 3 is 2.56 bits per heavy atom. The van der Waals surface area contributed by atoms with Crippen LogP contribution in [0.3, 0.4) is 0 Å². The van der Waals surface area contributed by atoms with Crippen molar-refractivity contribution in [3.63, 3.8) is 0 Å². The second-order valence-corrected chi connectivity index (χ2v) is 6.54. The number of aliphatic hydroxyl groups excluding tert-OH is 1. The fourth-order valence-electron chi connectivity index (χ4n) is 2.79. The van der Waals surface area contributed by atoms with E-state index in [-0.39, 0.29) is 24.0 Å². The molecule has 0 saturated carbocycles. The van der Waals surface area contributed by atoms with Gasteiger partial charge in [-0.3, -0.25) is 19.0 Å². The highest BCUT2D eigenvalue weighted by atomic mass is 35.5. The monoisotopic (exact) mass is 420 g/mol. The number of carbonyl (C=O) groups excluding carboxylic acids is 2. The molecule has 11 nitrogen and oxygen atoms in total. The SMILES string of the molecule is CC(=O)O[C@@H]1[C@H](OC(C)=O)[C@@H](CO)O[C@H]1n1c(=O)sc2cnc(N)nc21.Cl. The van der Waals surface area contributed by atoms with E-state index in [0.717, 1.165) is 15.9 Å². The molecular weight excluding hydrogens is 404 g/mol. The van der Waals surface area contributed by atoms with Crippen LogP contribution >= 0.6 is 23.7 Å². The van der Waals surface area contributed by atoms with Gasteiger partial charge in [0.25, 0.3) is 0 Å². The van der Waals surface area contributed by atoms with Crippen molar-refractivity contribution in [3.05, 3.63) is 15.9 Å². The summed E-state index contributed by atoms with van der Waals surface area (Å²) >= 11 is 0.855. The molecule has 0 unspecified atom stereocenters. The number of anilines is 1. The molecule has 0 aliphatic carbocycles. The summed E-state index contributed by atoms with van der Waals surface area (Å²) < 4.78 is 17.7. The largest absolute Gasteiger partial charge is 0.456 e. The normalized spacial score (nSPS) is 24.4. The third kappa shape index (κ3) is 4.03. The van der Waals surface area contributed by atoms with Crippen LogP contribution in [-0.4, -0.2) is 56.5 Å². The van der Waals surface area contributed by atoms with Crippen LogP contribution in [0.5, 0.6) is 0 Å². The fourth-order valence-corrected chi connectivity index (χ4v) is 3.61. The van der Waals surface area contributed by atoms with Crippen molar-refractivity contribution in [1.29, 1.82) is 0 Å². The predicted molar refractivity (Wildman–Crippen MR) is 95.4 cm³/mol. The van der Waals surface area contributed by atoms with E-state index in [1.54, 1.807) is 0 Å². The Bertz CT molecular complexity index is 916. The van der Waals surface area contributed by atoms with Gasteiger partial charge in [-0.05, 0) is 0 Å². The van der Waals surface area contributed by atoms with Crippen LogP contribution in [0.2, 0.25) is 0 Å². The fraction of sp³-hybridized carbons (Fsp3) is 0.500. The summed E-state index contributed by atoms with van der Waals surface area (Å²) in [4.78, 5) is 42.8. The number of ether oxygens (including phenoxy) is 3. The summed E-state index contributed by atoms with van der Waals surface area (Å²) in [6.45, 7) is 1.83. The Balaban J connectivity index is 0.00000261. The molecule has 2 aromatic rings. The van der Waals surface area contributed by atoms with Gasteiger partial charge in [-0.15, -0.1) is 12.4 Å². The van der Waals surface area contributed by atoms with Crippen LogP contribution in [0.25, 0.3) is 10.3 Å². The quantitative estimate of drug-likeness (QED) is 0.624. The number of nitrogen functional groups attached to an aromatic ring is 1. The van der Waals surface area contributed by atoms with E-state index < -0.39 is 48.0 Å². The summed E-state index contributed by atoms with van der Waals surface area (Å²) in [5.41, 5.74) is 5.78. The number of nitrogens with zero attached hydrogens (tertiary/aromatic N) is 3. The minimum absolute atomic E-state index is 0. The molecule has 3 rings (SSSR count). The number of hydrogen-bond donors (Lipinski definition) is 2. The molecule has 1 saturated heterocycles. The Morgan fingerprint density at radius 2 is 1.96 bits per heavy atom. The zero-order valence-electron chi connectivity index (χ0n) is 14.2. The molecule has 0 amide bonds. The van der Waals surface area contributed by atoms with Crippen molar-refractivity contribution >= 4 is 52.0 Å². The number of hydrogen-bond acceptors (Lipinski definition) is 11. The van der Waals surface area contributed by atoms with Gasteiger partial charge in [0, 0.05) is 13.8 Å². The molecule has 13 heteroatoms. The highest BCUT2D eigenvalue weighted by molar-refractivity contribution is 7.16. The lowest BCUT2D eigenvalue weighted by Gasteiger charge is -2.23. The molecule has 1 aliphatic rings. The van der Waals surface area contributed by atoms with Gasteiger partial charge in [0.15, 0.2) is 24.1 Å². The van der Waals surface area contributed by atoms with Gasteiger partial charge in [0.2, 0.25) is 5.95 Å². The second kappa shape index (κ2) is 8.17. The average molecular weight is 421 g/mol. The molecule has 3 N–H and O–H groups in total. The van der Waals surface area contributed by atoms with Crippen LogP contribution in [0.1, 0.15) is 20.1 Å². The number of esters is 2. The van der Waals surface area contributed by atoms with E-state index in [1.165, 1.54) is 20.0 Å². The topological polar surface area (TPSA) is 156 Å². The molecule has 2 aromatic heterocycles. The summed E-state index contributed by atoms with van der Waals surface area (Å²) in [7, 11) is 0. The van der Waals surface area contributed by atoms with Crippen molar-refractivity contribution in [2.75, 3.05) is 12.3 Å². The van der Waals surface area contributed by atoms with Gasteiger partial charge in [-0.25, -0.2) is 4.98 Å². The summed E-state index contributed by atoms with van der Waals surface area (Å²) in [6, 6.07) is 0. The van der Waals surface area contributed by atoms with Gasteiger partial charge >= 0.3 is 16.8 Å². The summed E-state index contributed by atoms with van der Waals surface area (Å²) in [6.07, 6.45) is -3.00. The van der Waals surface area contributed by atoms with Crippen LogP contribution in [0, 0.1) is 0 Å². The van der Waals surface area contributed by atoms with E-state index in [9.17, 15) is 19.5 Å². The zero-order chi connectivity index (χ0) is 19.0. The van der Waals surface area contributed by atoms with E-state index >= 15 is 0 Å². The molecular formula is C14H17ClN4O7S. The van der Waals surface area contributed by atoms with Crippen molar-refractivity contribution in [2.24, 2.45) is 0 Å². The number of aliphatic hydroxyl groups is 1. The van der Waals surface area contributed by atoms with Gasteiger partial charge in [0.1, 0.15) is 6.10 Å². The van der Waals surface area contributed by atoms with Crippen LogP contribution in [-0.2, 0) is 23.8 Å². The van der Waals surface area contributed by atoms with E-state index in [1.807, 2.05) is 0 Å². The van der Waals surface area contributed by atoms with Gasteiger partial charge in [0.05, 0.1) is 17.5 Å². The van der Waals surface area contributed by atoms with Crippen molar-refractivity contribution in [3.8, 4) is 0 Å². The molecule has 0 spiro atoms. The molecule has 0 radical (unpaired) electrons. The van der Waals surface area contributed by atoms with Crippen molar-refractivity contribution in [1.82, 2.24) is 14.5 Å². The molecule has 1 aliphatic heterocycles. The minimum atomic E-state index is -1.16. The van der Waals surface area contributed by atoms with Crippen LogP contribution < -0.4 is 10.6 Å². The number of carbonyl (C=O) groups is 2. The number of aromatic nitrogens is 3. The van der Waals surface area contributed by atoms with Crippen LogP contribution in [0.4, 0.5) is 5.95 Å². The molecule has 27 heavy (non-hydrogen) atoms. The Labute approximate surface area is 162 Å². The summed E-state index contributed by atoms with van der Waals surface area (Å²) in [5.74, 6) is -1.37. The highest BCUT2D eigenvalue weighted by Gasteiger charge is 2.50.